The van der Waals surface area contributed by atoms with Crippen LogP contribution in [0.1, 0.15) is 0 Å². The highest BCUT2D eigenvalue weighted by Gasteiger charge is 2.18. The number of phenolic OH excluding ortho intramolecular Hbond substituents is 1. The normalized spacial score (nSPS) is 10.7. The van der Waals surface area contributed by atoms with Gasteiger partial charge in [0, 0.05) is 28.8 Å². The Bertz CT molecular complexity index is 1260. The molecule has 2 aromatic carbocycles. The smallest absolute Gasteiger partial charge is 0.203 e. The van der Waals surface area contributed by atoms with Gasteiger partial charge in [0.2, 0.25) is 5.75 Å². The number of anilines is 3. The molecule has 33 heavy (non-hydrogen) atoms. The molecule has 0 aliphatic carbocycles. The summed E-state index contributed by atoms with van der Waals surface area (Å²) >= 11 is 2.84. The topological polar surface area (TPSA) is 121 Å². The van der Waals surface area contributed by atoms with Gasteiger partial charge in [-0.25, -0.2) is 9.97 Å². The van der Waals surface area contributed by atoms with E-state index in [9.17, 15) is 5.11 Å². The molecule has 4 aromatic rings. The molecule has 9 nitrogen and oxygen atoms in total. The SMILES string of the molecule is COc1cc(-c2csc(-c3sc(Nc4cc(OC)c(OC)c(OC)c4)nc3N)n2)ccc1O. The highest BCUT2D eigenvalue weighted by Crippen LogP contribution is 2.43. The van der Waals surface area contributed by atoms with E-state index in [4.69, 9.17) is 29.7 Å². The minimum atomic E-state index is 0.0749. The average molecular weight is 487 g/mol. The predicted molar refractivity (Wildman–Crippen MR) is 131 cm³/mol. The second-order valence-corrected chi connectivity index (χ2v) is 8.55. The van der Waals surface area contributed by atoms with Gasteiger partial charge in [-0.15, -0.1) is 11.3 Å². The minimum absolute atomic E-state index is 0.0749. The van der Waals surface area contributed by atoms with Gasteiger partial charge in [0.15, 0.2) is 28.1 Å². The highest BCUT2D eigenvalue weighted by atomic mass is 32.1. The molecule has 0 saturated carbocycles. The molecule has 0 unspecified atom stereocenters. The van der Waals surface area contributed by atoms with Crippen molar-refractivity contribution in [2.24, 2.45) is 0 Å². The van der Waals surface area contributed by atoms with Crippen LogP contribution in [0.5, 0.6) is 28.7 Å². The van der Waals surface area contributed by atoms with Gasteiger partial charge >= 0.3 is 0 Å². The summed E-state index contributed by atoms with van der Waals surface area (Å²) in [4.78, 5) is 9.90. The Morgan fingerprint density at radius 3 is 2.24 bits per heavy atom. The summed E-state index contributed by atoms with van der Waals surface area (Å²) in [5.74, 6) is 2.39. The van der Waals surface area contributed by atoms with Crippen LogP contribution in [-0.2, 0) is 0 Å². The highest BCUT2D eigenvalue weighted by molar-refractivity contribution is 7.23. The van der Waals surface area contributed by atoms with Crippen molar-refractivity contribution >= 4 is 39.3 Å². The summed E-state index contributed by atoms with van der Waals surface area (Å²) in [6.07, 6.45) is 0. The number of nitrogens with zero attached hydrogens (tertiary/aromatic N) is 2. The lowest BCUT2D eigenvalue weighted by Crippen LogP contribution is -1.97. The van der Waals surface area contributed by atoms with Crippen molar-refractivity contribution in [2.45, 2.75) is 0 Å². The first kappa shape index (κ1) is 22.5. The van der Waals surface area contributed by atoms with Crippen LogP contribution in [0.2, 0.25) is 0 Å². The van der Waals surface area contributed by atoms with Crippen LogP contribution in [0.25, 0.3) is 21.1 Å². The van der Waals surface area contributed by atoms with Gasteiger partial charge < -0.3 is 35.1 Å². The van der Waals surface area contributed by atoms with Crippen LogP contribution in [-0.4, -0.2) is 43.5 Å². The van der Waals surface area contributed by atoms with E-state index in [0.29, 0.717) is 39.6 Å². The number of hydrogen-bond donors (Lipinski definition) is 3. The number of benzene rings is 2. The van der Waals surface area contributed by atoms with E-state index in [1.807, 2.05) is 5.38 Å². The summed E-state index contributed by atoms with van der Waals surface area (Å²) in [5, 5.41) is 16.3. The van der Waals surface area contributed by atoms with Crippen LogP contribution < -0.4 is 30.0 Å². The number of phenols is 1. The lowest BCUT2D eigenvalue weighted by atomic mass is 10.1. The third kappa shape index (κ3) is 4.45. The third-order valence-electron chi connectivity index (χ3n) is 4.74. The Labute approximate surface area is 198 Å². The fourth-order valence-corrected chi connectivity index (χ4v) is 5.00. The first-order chi connectivity index (χ1) is 16.0. The zero-order valence-electron chi connectivity index (χ0n) is 18.3. The molecule has 0 saturated heterocycles. The average Bonchev–Trinajstić information content (AvgIpc) is 3.45. The number of aromatic nitrogens is 2. The molecule has 0 spiro atoms. The van der Waals surface area contributed by atoms with Crippen molar-refractivity contribution < 1.29 is 24.1 Å². The molecule has 0 aliphatic rings. The molecule has 0 amide bonds. The van der Waals surface area contributed by atoms with Crippen molar-refractivity contribution in [3.63, 3.8) is 0 Å². The fraction of sp³-hybridized carbons (Fsp3) is 0.182. The van der Waals surface area contributed by atoms with E-state index in [-0.39, 0.29) is 5.75 Å². The summed E-state index contributed by atoms with van der Waals surface area (Å²) < 4.78 is 21.4. The molecule has 2 heterocycles. The Hall–Kier alpha value is -3.70. The second-order valence-electron chi connectivity index (χ2n) is 6.70. The largest absolute Gasteiger partial charge is 0.504 e. The molecule has 11 heteroatoms. The molecular weight excluding hydrogens is 464 g/mol. The summed E-state index contributed by atoms with van der Waals surface area (Å²) in [7, 11) is 6.18. The number of nitrogen functional groups attached to an aromatic ring is 1. The lowest BCUT2D eigenvalue weighted by molar-refractivity contribution is 0.324. The number of rotatable bonds is 8. The van der Waals surface area contributed by atoms with Crippen LogP contribution in [0, 0.1) is 0 Å². The number of aromatic hydroxyl groups is 1. The van der Waals surface area contributed by atoms with Gasteiger partial charge in [0.1, 0.15) is 15.7 Å². The van der Waals surface area contributed by atoms with E-state index in [1.54, 1.807) is 51.7 Å². The quantitative estimate of drug-likeness (QED) is 0.316. The van der Waals surface area contributed by atoms with Gasteiger partial charge in [-0.2, -0.15) is 0 Å². The number of nitrogens with two attached hydrogens (primary N) is 1. The molecule has 0 bridgehead atoms. The van der Waals surface area contributed by atoms with Gasteiger partial charge in [-0.05, 0) is 18.2 Å². The monoisotopic (exact) mass is 486 g/mol. The number of methoxy groups -OCH3 is 4. The van der Waals surface area contributed by atoms with Gasteiger partial charge in [-0.3, -0.25) is 0 Å². The fourth-order valence-electron chi connectivity index (χ4n) is 3.16. The van der Waals surface area contributed by atoms with E-state index in [2.05, 4.69) is 10.3 Å². The van der Waals surface area contributed by atoms with E-state index >= 15 is 0 Å². The molecule has 0 radical (unpaired) electrons. The number of ether oxygens (including phenoxy) is 4. The van der Waals surface area contributed by atoms with Gasteiger partial charge in [0.05, 0.1) is 34.1 Å². The van der Waals surface area contributed by atoms with Crippen molar-refractivity contribution in [3.8, 4) is 49.9 Å². The first-order valence-corrected chi connectivity index (χ1v) is 11.3. The molecule has 0 aliphatic heterocycles. The molecule has 172 valence electrons. The maximum atomic E-state index is 9.82. The standard InChI is InChI=1S/C22H22N4O5S2/c1-28-15-7-11(5-6-14(15)27)13-10-32-21(25-13)19-20(23)26-22(33-19)24-12-8-16(29-2)18(31-4)17(9-12)30-3/h5-10,27H,23H2,1-4H3,(H,24,26). The first-order valence-electron chi connectivity index (χ1n) is 9.64. The minimum Gasteiger partial charge on any atom is -0.504 e. The number of nitrogens with one attached hydrogen (secondary N) is 1. The summed E-state index contributed by atoms with van der Waals surface area (Å²) in [6, 6.07) is 8.68. The Balaban J connectivity index is 1.61. The van der Waals surface area contributed by atoms with Crippen molar-refractivity contribution in [2.75, 3.05) is 39.5 Å². The maximum absolute atomic E-state index is 9.82. The van der Waals surface area contributed by atoms with Crippen molar-refractivity contribution in [1.82, 2.24) is 9.97 Å². The predicted octanol–water partition coefficient (Wildman–Crippen LogP) is 5.00. The Morgan fingerprint density at radius 1 is 0.909 bits per heavy atom. The van der Waals surface area contributed by atoms with Crippen molar-refractivity contribution in [3.05, 3.63) is 35.7 Å². The molecule has 0 fully saturated rings. The van der Waals surface area contributed by atoms with E-state index in [1.165, 1.54) is 29.8 Å². The molecular formula is C22H22N4O5S2. The molecule has 0 atom stereocenters. The molecule has 4 N–H and O–H groups in total. The van der Waals surface area contributed by atoms with Crippen LogP contribution >= 0.6 is 22.7 Å². The molecule has 2 aromatic heterocycles. The maximum Gasteiger partial charge on any atom is 0.203 e. The number of hydrogen-bond acceptors (Lipinski definition) is 11. The zero-order chi connectivity index (χ0) is 23.5. The Morgan fingerprint density at radius 2 is 1.61 bits per heavy atom. The third-order valence-corrected chi connectivity index (χ3v) is 6.73. The molecule has 4 rings (SSSR count). The summed E-state index contributed by atoms with van der Waals surface area (Å²) in [5.41, 5.74) is 8.49. The van der Waals surface area contributed by atoms with E-state index in [0.717, 1.165) is 21.1 Å². The van der Waals surface area contributed by atoms with Crippen LogP contribution in [0.15, 0.2) is 35.7 Å². The van der Waals surface area contributed by atoms with Gasteiger partial charge in [0.25, 0.3) is 0 Å². The van der Waals surface area contributed by atoms with Crippen molar-refractivity contribution in [1.29, 1.82) is 0 Å². The Kier molecular flexibility index (Phi) is 6.43. The second kappa shape index (κ2) is 9.43. The van der Waals surface area contributed by atoms with Crippen LogP contribution in [0.4, 0.5) is 16.6 Å². The number of thiazole rings is 2. The lowest BCUT2D eigenvalue weighted by Gasteiger charge is -2.14. The zero-order valence-corrected chi connectivity index (χ0v) is 20.0. The van der Waals surface area contributed by atoms with E-state index < -0.39 is 0 Å². The van der Waals surface area contributed by atoms with Crippen LogP contribution in [0.3, 0.4) is 0 Å². The van der Waals surface area contributed by atoms with Gasteiger partial charge in [-0.1, -0.05) is 11.3 Å². The summed E-state index contributed by atoms with van der Waals surface area (Å²) in [6.45, 7) is 0.